The van der Waals surface area contributed by atoms with Crippen LogP contribution in [0.1, 0.15) is 33.3 Å². The van der Waals surface area contributed by atoms with Gasteiger partial charge in [0.15, 0.2) is 12.4 Å². The molecule has 7 heteroatoms. The fourth-order valence-electron chi connectivity index (χ4n) is 2.89. The van der Waals surface area contributed by atoms with Gasteiger partial charge in [0.2, 0.25) is 0 Å². The zero-order valence-electron chi connectivity index (χ0n) is 16.5. The fourth-order valence-corrected chi connectivity index (χ4v) is 2.89. The van der Waals surface area contributed by atoms with E-state index in [1.807, 2.05) is 36.4 Å². The van der Waals surface area contributed by atoms with Gasteiger partial charge in [0.25, 0.3) is 5.91 Å². The predicted molar refractivity (Wildman–Crippen MR) is 108 cm³/mol. The molecule has 0 atom stereocenters. The van der Waals surface area contributed by atoms with Crippen LogP contribution in [-0.2, 0) is 16.1 Å². The number of amides is 1. The third-order valence-corrected chi connectivity index (χ3v) is 4.59. The molecule has 0 aliphatic carbocycles. The number of rotatable bonds is 7. The van der Waals surface area contributed by atoms with Crippen LogP contribution in [0.25, 0.3) is 10.8 Å². The molecule has 1 aromatic heterocycles. The minimum absolute atomic E-state index is 0.135. The Hall–Kier alpha value is -3.61. The van der Waals surface area contributed by atoms with E-state index in [-0.39, 0.29) is 24.0 Å². The summed E-state index contributed by atoms with van der Waals surface area (Å²) in [5, 5.41) is 2.09. The van der Waals surface area contributed by atoms with Gasteiger partial charge in [0.1, 0.15) is 11.4 Å². The quantitative estimate of drug-likeness (QED) is 0.491. The Labute approximate surface area is 168 Å². The molecular formula is C22H22N2O5. The average Bonchev–Trinajstić information content (AvgIpc) is 3.22. The summed E-state index contributed by atoms with van der Waals surface area (Å²) in [5.74, 6) is -0.382. The van der Waals surface area contributed by atoms with Gasteiger partial charge in [-0.05, 0) is 47.5 Å². The van der Waals surface area contributed by atoms with Crippen LogP contribution in [0, 0.1) is 0 Å². The Balaban J connectivity index is 1.57. The van der Waals surface area contributed by atoms with E-state index in [9.17, 15) is 14.4 Å². The molecule has 2 aromatic carbocycles. The maximum absolute atomic E-state index is 12.3. The first-order valence-corrected chi connectivity index (χ1v) is 9.04. The van der Waals surface area contributed by atoms with Crippen LogP contribution >= 0.6 is 0 Å². The largest absolute Gasteiger partial charge is 0.497 e. The zero-order chi connectivity index (χ0) is 21.0. The monoisotopic (exact) mass is 394 g/mol. The average molecular weight is 394 g/mol. The molecule has 0 fully saturated rings. The van der Waals surface area contributed by atoms with E-state index in [1.165, 1.54) is 24.1 Å². The topological polar surface area (TPSA) is 88.7 Å². The smallest absolute Gasteiger partial charge is 0.355 e. The second-order valence-electron chi connectivity index (χ2n) is 6.73. The Morgan fingerprint density at radius 2 is 1.76 bits per heavy atom. The van der Waals surface area contributed by atoms with Crippen molar-refractivity contribution in [1.29, 1.82) is 0 Å². The first kappa shape index (κ1) is 20.1. The van der Waals surface area contributed by atoms with Crippen LogP contribution in [0.15, 0.2) is 48.7 Å². The number of carbonyl (C=O) groups excluding carboxylic acids is 3. The summed E-state index contributed by atoms with van der Waals surface area (Å²) in [5.41, 5.74) is 1.48. The maximum atomic E-state index is 12.3. The van der Waals surface area contributed by atoms with Crippen molar-refractivity contribution in [3.05, 3.63) is 65.5 Å². The van der Waals surface area contributed by atoms with Crippen molar-refractivity contribution in [1.82, 2.24) is 9.88 Å². The van der Waals surface area contributed by atoms with Crippen molar-refractivity contribution in [2.45, 2.75) is 13.5 Å². The number of hydrogen-bond donors (Lipinski definition) is 1. The number of Topliss-reactive ketones (excluding diaryl/α,β-unsaturated/α-hetero) is 1. The van der Waals surface area contributed by atoms with Crippen LogP contribution < -0.4 is 4.74 Å². The lowest BCUT2D eigenvalue weighted by Crippen LogP contribution is -2.30. The third-order valence-electron chi connectivity index (χ3n) is 4.59. The molecule has 0 spiro atoms. The number of methoxy groups -OCH3 is 1. The number of ether oxygens (including phenoxy) is 2. The molecule has 0 unspecified atom stereocenters. The predicted octanol–water partition coefficient (Wildman–Crippen LogP) is 3.19. The highest BCUT2D eigenvalue weighted by Crippen LogP contribution is 2.22. The Kier molecular flexibility index (Phi) is 5.97. The number of nitrogens with zero attached hydrogens (tertiary/aromatic N) is 1. The Morgan fingerprint density at radius 3 is 2.45 bits per heavy atom. The number of H-pyrrole nitrogens is 1. The Morgan fingerprint density at radius 1 is 1.03 bits per heavy atom. The molecule has 0 bridgehead atoms. The van der Waals surface area contributed by atoms with E-state index in [1.54, 1.807) is 14.2 Å². The van der Waals surface area contributed by atoms with E-state index in [2.05, 4.69) is 4.98 Å². The van der Waals surface area contributed by atoms with Crippen LogP contribution in [-0.4, -0.2) is 48.3 Å². The van der Waals surface area contributed by atoms with Crippen LogP contribution in [0.3, 0.4) is 0 Å². The summed E-state index contributed by atoms with van der Waals surface area (Å²) in [6, 6.07) is 13.1. The van der Waals surface area contributed by atoms with Crippen LogP contribution in [0.5, 0.6) is 5.75 Å². The second kappa shape index (κ2) is 8.60. The lowest BCUT2D eigenvalue weighted by Gasteiger charge is -2.17. The van der Waals surface area contributed by atoms with Crippen molar-refractivity contribution < 1.29 is 23.9 Å². The van der Waals surface area contributed by atoms with Crippen molar-refractivity contribution in [3.63, 3.8) is 0 Å². The molecule has 3 rings (SSSR count). The SMILES string of the molecule is COc1ccc2cc(CN(C)C(=O)COC(=O)c3cc(C(C)=O)c[nH]3)ccc2c1. The molecule has 29 heavy (non-hydrogen) atoms. The van der Waals surface area contributed by atoms with E-state index < -0.39 is 5.97 Å². The van der Waals surface area contributed by atoms with Gasteiger partial charge in [0.05, 0.1) is 7.11 Å². The molecule has 3 aromatic rings. The van der Waals surface area contributed by atoms with E-state index >= 15 is 0 Å². The summed E-state index contributed by atoms with van der Waals surface area (Å²) in [6.07, 6.45) is 1.43. The van der Waals surface area contributed by atoms with E-state index in [0.717, 1.165) is 22.1 Å². The third kappa shape index (κ3) is 4.82. The van der Waals surface area contributed by atoms with Crippen molar-refractivity contribution in [3.8, 4) is 5.75 Å². The minimum Gasteiger partial charge on any atom is -0.497 e. The molecular weight excluding hydrogens is 372 g/mol. The number of benzene rings is 2. The Bertz CT molecular complexity index is 1070. The highest BCUT2D eigenvalue weighted by molar-refractivity contribution is 5.97. The number of esters is 1. The van der Waals surface area contributed by atoms with Gasteiger partial charge in [-0.2, -0.15) is 0 Å². The highest BCUT2D eigenvalue weighted by atomic mass is 16.5. The van der Waals surface area contributed by atoms with Gasteiger partial charge in [-0.25, -0.2) is 4.79 Å². The number of likely N-dealkylation sites (N-methyl/N-ethyl adjacent to an activating group) is 1. The molecule has 150 valence electrons. The van der Waals surface area contributed by atoms with Gasteiger partial charge in [-0.15, -0.1) is 0 Å². The van der Waals surface area contributed by atoms with Crippen molar-refractivity contribution in [2.24, 2.45) is 0 Å². The number of aromatic amines is 1. The number of fused-ring (bicyclic) bond motifs is 1. The van der Waals surface area contributed by atoms with Crippen molar-refractivity contribution in [2.75, 3.05) is 20.8 Å². The van der Waals surface area contributed by atoms with Crippen LogP contribution in [0.4, 0.5) is 0 Å². The number of hydrogen-bond acceptors (Lipinski definition) is 5. The molecule has 7 nitrogen and oxygen atoms in total. The van der Waals surface area contributed by atoms with Gasteiger partial charge in [-0.3, -0.25) is 9.59 Å². The molecule has 1 N–H and O–H groups in total. The standard InChI is InChI=1S/C22H22N2O5/c1-14(25)18-10-20(23-11-18)22(27)29-13-21(26)24(2)12-15-4-5-17-9-19(28-3)7-6-16(17)8-15/h4-11,23H,12-13H2,1-3H3. The number of aromatic nitrogens is 1. The fraction of sp³-hybridized carbons (Fsp3) is 0.227. The van der Waals surface area contributed by atoms with E-state index in [4.69, 9.17) is 9.47 Å². The normalized spacial score (nSPS) is 10.6. The maximum Gasteiger partial charge on any atom is 0.355 e. The molecule has 0 aliphatic heterocycles. The summed E-state index contributed by atoms with van der Waals surface area (Å²) < 4.78 is 10.3. The first-order chi connectivity index (χ1) is 13.9. The van der Waals surface area contributed by atoms with Gasteiger partial charge < -0.3 is 19.4 Å². The van der Waals surface area contributed by atoms with Crippen LogP contribution in [0.2, 0.25) is 0 Å². The molecule has 0 aliphatic rings. The van der Waals surface area contributed by atoms with E-state index in [0.29, 0.717) is 12.1 Å². The minimum atomic E-state index is -0.682. The molecule has 1 amide bonds. The lowest BCUT2D eigenvalue weighted by atomic mass is 10.1. The summed E-state index contributed by atoms with van der Waals surface area (Å²) in [6.45, 7) is 1.41. The zero-order valence-corrected chi connectivity index (χ0v) is 16.5. The second-order valence-corrected chi connectivity index (χ2v) is 6.73. The highest BCUT2D eigenvalue weighted by Gasteiger charge is 2.16. The molecule has 0 radical (unpaired) electrons. The summed E-state index contributed by atoms with van der Waals surface area (Å²) in [4.78, 5) is 39.8. The number of ketones is 1. The molecule has 0 saturated heterocycles. The summed E-state index contributed by atoms with van der Waals surface area (Å²) in [7, 11) is 3.28. The lowest BCUT2D eigenvalue weighted by molar-refractivity contribution is -0.133. The summed E-state index contributed by atoms with van der Waals surface area (Å²) >= 11 is 0. The van der Waals surface area contributed by atoms with Gasteiger partial charge in [-0.1, -0.05) is 18.2 Å². The first-order valence-electron chi connectivity index (χ1n) is 9.04. The van der Waals surface area contributed by atoms with Crippen molar-refractivity contribution >= 4 is 28.4 Å². The van der Waals surface area contributed by atoms with Gasteiger partial charge >= 0.3 is 5.97 Å². The molecule has 0 saturated carbocycles. The number of nitrogens with one attached hydrogen (secondary N) is 1. The number of carbonyl (C=O) groups is 3. The van der Waals surface area contributed by atoms with Gasteiger partial charge in [0, 0.05) is 25.4 Å². The molecule has 1 heterocycles.